The summed E-state index contributed by atoms with van der Waals surface area (Å²) in [5.74, 6) is 1.27. The van der Waals surface area contributed by atoms with Crippen molar-refractivity contribution >= 4 is 23.7 Å². The van der Waals surface area contributed by atoms with Gasteiger partial charge >= 0.3 is 0 Å². The van der Waals surface area contributed by atoms with Gasteiger partial charge in [-0.1, -0.05) is 0 Å². The zero-order valence-electron chi connectivity index (χ0n) is 12.6. The van der Waals surface area contributed by atoms with E-state index in [1.165, 1.54) is 0 Å². The molecule has 3 heterocycles. The minimum absolute atomic E-state index is 0.199. The van der Waals surface area contributed by atoms with Gasteiger partial charge in [0.2, 0.25) is 12.5 Å². The van der Waals surface area contributed by atoms with Gasteiger partial charge in [0.25, 0.3) is 0 Å². The highest BCUT2D eigenvalue weighted by molar-refractivity contribution is 5.83. The Morgan fingerprint density at radius 2 is 2.14 bits per heavy atom. The highest BCUT2D eigenvalue weighted by atomic mass is 16.6. The van der Waals surface area contributed by atoms with Crippen LogP contribution < -0.4 is 9.80 Å². The molecule has 118 valence electrons. The Balaban J connectivity index is 1.93. The van der Waals surface area contributed by atoms with E-state index in [9.17, 15) is 10.1 Å². The number of likely N-dealkylation sites (N-methyl/N-ethyl adjacent to an activating group) is 1. The van der Waals surface area contributed by atoms with Gasteiger partial charge in [-0.3, -0.25) is 15.1 Å². The Morgan fingerprint density at radius 3 is 2.82 bits per heavy atom. The fourth-order valence-electron chi connectivity index (χ4n) is 2.58. The summed E-state index contributed by atoms with van der Waals surface area (Å²) in [6.07, 6.45) is 1.59. The van der Waals surface area contributed by atoms with Crippen molar-refractivity contribution in [1.29, 1.82) is 0 Å². The lowest BCUT2D eigenvalue weighted by molar-refractivity contribution is -0.479. The summed E-state index contributed by atoms with van der Waals surface area (Å²) in [6.45, 7) is 4.46. The first kappa shape index (κ1) is 14.6. The third-order valence-electron chi connectivity index (χ3n) is 3.87. The maximum atomic E-state index is 10.8. The van der Waals surface area contributed by atoms with Crippen LogP contribution in [0.25, 0.3) is 0 Å². The molecule has 0 N–H and O–H groups in total. The molecule has 1 atom stereocenters. The van der Waals surface area contributed by atoms with E-state index in [-0.39, 0.29) is 11.5 Å². The van der Waals surface area contributed by atoms with Crippen LogP contribution in [-0.4, -0.2) is 67.0 Å². The number of anilines is 2. The molecule has 0 saturated carbocycles. The van der Waals surface area contributed by atoms with Gasteiger partial charge in [-0.2, -0.15) is 4.98 Å². The first-order valence-electron chi connectivity index (χ1n) is 7.16. The molecule has 2 aliphatic rings. The predicted octanol–water partition coefficient (Wildman–Crippen LogP) is 0.419. The predicted molar refractivity (Wildman–Crippen MR) is 82.0 cm³/mol. The van der Waals surface area contributed by atoms with E-state index in [4.69, 9.17) is 4.74 Å². The normalized spacial score (nSPS) is 20.9. The van der Waals surface area contributed by atoms with Gasteiger partial charge in [-0.05, 0) is 6.92 Å². The summed E-state index contributed by atoms with van der Waals surface area (Å²) in [4.78, 5) is 27.7. The van der Waals surface area contributed by atoms with Crippen LogP contribution in [0.2, 0.25) is 0 Å². The van der Waals surface area contributed by atoms with Gasteiger partial charge in [0.1, 0.15) is 11.7 Å². The molecule has 1 aromatic heterocycles. The van der Waals surface area contributed by atoms with Crippen LogP contribution in [0.3, 0.4) is 0 Å². The van der Waals surface area contributed by atoms with Crippen molar-refractivity contribution in [2.45, 2.75) is 13.0 Å². The lowest BCUT2D eigenvalue weighted by Crippen LogP contribution is -2.42. The number of ether oxygens (including phenoxy) is 1. The topological polar surface area (TPSA) is 97.0 Å². The summed E-state index contributed by atoms with van der Waals surface area (Å²) in [5, 5.41) is 10.8. The van der Waals surface area contributed by atoms with Crippen LogP contribution >= 0.6 is 0 Å². The van der Waals surface area contributed by atoms with Gasteiger partial charge in [-0.25, -0.2) is 4.98 Å². The molecule has 1 fully saturated rings. The highest BCUT2D eigenvalue weighted by Gasteiger charge is 2.28. The van der Waals surface area contributed by atoms with Crippen LogP contribution in [0.4, 0.5) is 17.5 Å². The number of rotatable bonds is 3. The number of morpholine rings is 1. The summed E-state index contributed by atoms with van der Waals surface area (Å²) < 4.78 is 5.34. The maximum Gasteiger partial charge on any atom is 0.229 e. The van der Waals surface area contributed by atoms with Gasteiger partial charge in [0, 0.05) is 31.3 Å². The average Bonchev–Trinajstić information content (AvgIpc) is 2.51. The van der Waals surface area contributed by atoms with E-state index in [0.29, 0.717) is 30.7 Å². The van der Waals surface area contributed by atoms with Crippen LogP contribution in [0.15, 0.2) is 4.99 Å². The van der Waals surface area contributed by atoms with Crippen molar-refractivity contribution in [2.75, 3.05) is 49.7 Å². The Hall–Kier alpha value is -2.29. The molecule has 2 aliphatic heterocycles. The zero-order valence-corrected chi connectivity index (χ0v) is 12.6. The first-order valence-corrected chi connectivity index (χ1v) is 7.16. The number of hydrogen-bond acceptors (Lipinski definition) is 8. The summed E-state index contributed by atoms with van der Waals surface area (Å²) in [5.41, 5.74) is 1.45. The smallest absolute Gasteiger partial charge is 0.229 e. The van der Waals surface area contributed by atoms with Crippen molar-refractivity contribution in [2.24, 2.45) is 4.99 Å². The van der Waals surface area contributed by atoms with Gasteiger partial charge < -0.3 is 14.5 Å². The van der Waals surface area contributed by atoms with Crippen molar-refractivity contribution < 1.29 is 9.66 Å². The Bertz CT molecular complexity index is 614. The molecule has 1 unspecified atom stereocenters. The van der Waals surface area contributed by atoms with E-state index in [2.05, 4.69) is 19.9 Å². The van der Waals surface area contributed by atoms with Gasteiger partial charge in [-0.15, -0.1) is 0 Å². The monoisotopic (exact) mass is 306 g/mol. The van der Waals surface area contributed by atoms with Crippen LogP contribution in [0.5, 0.6) is 0 Å². The second-order valence-electron chi connectivity index (χ2n) is 5.35. The van der Waals surface area contributed by atoms with Gasteiger partial charge in [0.05, 0.1) is 18.9 Å². The molecule has 0 aliphatic carbocycles. The third-order valence-corrected chi connectivity index (χ3v) is 3.87. The number of fused-ring (bicyclic) bond motifs is 1. The standard InChI is InChI=1S/C13H18N6O3/c1-9-11-12(17(2)10(7-14-11)8-19(20)21)16-13(15-9)18-3-5-22-6-4-18/h7,10H,3-6,8H2,1-2H3. The second kappa shape index (κ2) is 5.84. The highest BCUT2D eigenvalue weighted by Crippen LogP contribution is 2.34. The minimum atomic E-state index is -0.394. The van der Waals surface area contributed by atoms with E-state index in [1.54, 1.807) is 18.2 Å². The first-order chi connectivity index (χ1) is 10.6. The molecular weight excluding hydrogens is 288 g/mol. The molecule has 0 bridgehead atoms. The number of nitro groups is 1. The fourth-order valence-corrected chi connectivity index (χ4v) is 2.58. The fraction of sp³-hybridized carbons (Fsp3) is 0.615. The molecule has 22 heavy (non-hydrogen) atoms. The second-order valence-corrected chi connectivity index (χ2v) is 5.35. The maximum absolute atomic E-state index is 10.8. The SMILES string of the molecule is Cc1nc(N2CCOCC2)nc2c1N=CC(C[N+](=O)[O-])N2C. The largest absolute Gasteiger partial charge is 0.378 e. The van der Waals surface area contributed by atoms with Crippen molar-refractivity contribution in [3.05, 3.63) is 15.8 Å². The molecule has 0 radical (unpaired) electrons. The molecule has 3 rings (SSSR count). The van der Waals surface area contributed by atoms with Crippen molar-refractivity contribution in [3.63, 3.8) is 0 Å². The number of hydrogen-bond donors (Lipinski definition) is 0. The third kappa shape index (κ3) is 2.71. The number of aromatic nitrogens is 2. The molecule has 0 aromatic carbocycles. The van der Waals surface area contributed by atoms with E-state index < -0.39 is 6.04 Å². The summed E-state index contributed by atoms with van der Waals surface area (Å²) >= 11 is 0. The Kier molecular flexibility index (Phi) is 3.88. The quantitative estimate of drug-likeness (QED) is 0.589. The summed E-state index contributed by atoms with van der Waals surface area (Å²) in [6, 6.07) is -0.394. The lowest BCUT2D eigenvalue weighted by atomic mass is 10.2. The van der Waals surface area contributed by atoms with Crippen molar-refractivity contribution in [1.82, 2.24) is 9.97 Å². The molecule has 9 nitrogen and oxygen atoms in total. The Labute approximate surface area is 127 Å². The van der Waals surface area contributed by atoms with Crippen LogP contribution in [-0.2, 0) is 4.74 Å². The van der Waals surface area contributed by atoms with Crippen molar-refractivity contribution in [3.8, 4) is 0 Å². The van der Waals surface area contributed by atoms with Gasteiger partial charge in [0.15, 0.2) is 5.82 Å². The molecule has 1 aromatic rings. The molecule has 0 amide bonds. The summed E-state index contributed by atoms with van der Waals surface area (Å²) in [7, 11) is 1.80. The average molecular weight is 306 g/mol. The number of aliphatic imine (C=N–C) groups is 1. The van der Waals surface area contributed by atoms with Crippen LogP contribution in [0, 0.1) is 17.0 Å². The van der Waals surface area contributed by atoms with E-state index in [1.807, 2.05) is 6.92 Å². The molecule has 1 saturated heterocycles. The zero-order chi connectivity index (χ0) is 15.7. The minimum Gasteiger partial charge on any atom is -0.378 e. The van der Waals surface area contributed by atoms with E-state index >= 15 is 0 Å². The van der Waals surface area contributed by atoms with E-state index in [0.717, 1.165) is 18.8 Å². The Morgan fingerprint density at radius 1 is 1.41 bits per heavy atom. The van der Waals surface area contributed by atoms with Crippen LogP contribution in [0.1, 0.15) is 5.69 Å². The number of nitrogens with zero attached hydrogens (tertiary/aromatic N) is 6. The number of aryl methyl sites for hydroxylation is 1. The molecule has 0 spiro atoms. The molecule has 9 heteroatoms. The lowest BCUT2D eigenvalue weighted by Gasteiger charge is -2.31. The molecular formula is C13H18N6O3.